The lowest BCUT2D eigenvalue weighted by molar-refractivity contribution is 0.353. The van der Waals surface area contributed by atoms with E-state index in [0.717, 1.165) is 18.4 Å². The predicted octanol–water partition coefficient (Wildman–Crippen LogP) is 4.19. The van der Waals surface area contributed by atoms with Crippen LogP contribution in [0.2, 0.25) is 0 Å². The van der Waals surface area contributed by atoms with Crippen LogP contribution in [-0.4, -0.2) is 6.54 Å². The van der Waals surface area contributed by atoms with Crippen molar-refractivity contribution < 1.29 is 0 Å². The third-order valence-corrected chi connectivity index (χ3v) is 4.92. The Morgan fingerprint density at radius 2 is 2.17 bits per heavy atom. The number of benzene rings is 1. The smallest absolute Gasteiger partial charge is 0.0354 e. The van der Waals surface area contributed by atoms with Gasteiger partial charge in [0.15, 0.2) is 0 Å². The molecule has 98 valence electrons. The van der Waals surface area contributed by atoms with E-state index in [2.05, 4.69) is 37.4 Å². The first-order chi connectivity index (χ1) is 8.83. The Morgan fingerprint density at radius 3 is 3.00 bits per heavy atom. The van der Waals surface area contributed by atoms with Crippen molar-refractivity contribution in [3.63, 3.8) is 0 Å². The molecule has 0 bridgehead atoms. The van der Waals surface area contributed by atoms with Crippen molar-refractivity contribution in [1.82, 2.24) is 5.32 Å². The molecule has 3 unspecified atom stereocenters. The molecule has 1 heteroatoms. The quantitative estimate of drug-likeness (QED) is 0.839. The van der Waals surface area contributed by atoms with Gasteiger partial charge in [0.25, 0.3) is 0 Å². The third-order valence-electron chi connectivity index (χ3n) is 4.92. The van der Waals surface area contributed by atoms with Crippen molar-refractivity contribution in [1.29, 1.82) is 0 Å². The third kappa shape index (κ3) is 1.89. The van der Waals surface area contributed by atoms with Crippen LogP contribution in [0.15, 0.2) is 18.2 Å². The fourth-order valence-electron chi connectivity index (χ4n) is 4.04. The van der Waals surface area contributed by atoms with Crippen molar-refractivity contribution in [3.8, 4) is 0 Å². The molecular formula is C17H25N. The van der Waals surface area contributed by atoms with Gasteiger partial charge in [0.2, 0.25) is 0 Å². The average molecular weight is 243 g/mol. The Balaban J connectivity index is 1.99. The molecule has 1 aromatic carbocycles. The predicted molar refractivity (Wildman–Crippen MR) is 76.9 cm³/mol. The van der Waals surface area contributed by atoms with Crippen LogP contribution in [0, 0.1) is 5.92 Å². The first-order valence-electron chi connectivity index (χ1n) is 7.68. The molecule has 0 spiro atoms. The molecule has 0 saturated heterocycles. The fourth-order valence-corrected chi connectivity index (χ4v) is 4.04. The molecule has 3 atom stereocenters. The van der Waals surface area contributed by atoms with Crippen LogP contribution in [0.1, 0.15) is 68.2 Å². The van der Waals surface area contributed by atoms with Gasteiger partial charge in [0.1, 0.15) is 0 Å². The lowest BCUT2D eigenvalue weighted by atomic mass is 9.88. The van der Waals surface area contributed by atoms with Gasteiger partial charge < -0.3 is 5.32 Å². The van der Waals surface area contributed by atoms with Crippen molar-refractivity contribution >= 4 is 0 Å². The second-order valence-corrected chi connectivity index (χ2v) is 6.06. The number of hydrogen-bond donors (Lipinski definition) is 1. The highest BCUT2D eigenvalue weighted by atomic mass is 14.9. The molecule has 1 N–H and O–H groups in total. The van der Waals surface area contributed by atoms with Crippen molar-refractivity contribution in [2.75, 3.05) is 6.54 Å². The van der Waals surface area contributed by atoms with E-state index >= 15 is 0 Å². The molecule has 1 aromatic rings. The van der Waals surface area contributed by atoms with E-state index in [1.807, 2.05) is 0 Å². The van der Waals surface area contributed by atoms with Gasteiger partial charge in [-0.25, -0.2) is 0 Å². The minimum Gasteiger partial charge on any atom is -0.310 e. The van der Waals surface area contributed by atoms with E-state index in [-0.39, 0.29) is 0 Å². The molecule has 2 aliphatic rings. The minimum atomic E-state index is 0.600. The highest BCUT2D eigenvalue weighted by Gasteiger charge is 2.39. The Bertz CT molecular complexity index is 424. The van der Waals surface area contributed by atoms with Gasteiger partial charge in [0, 0.05) is 6.04 Å². The summed E-state index contributed by atoms with van der Waals surface area (Å²) in [7, 11) is 0. The van der Waals surface area contributed by atoms with Crippen LogP contribution < -0.4 is 5.32 Å². The summed E-state index contributed by atoms with van der Waals surface area (Å²) >= 11 is 0. The van der Waals surface area contributed by atoms with E-state index in [4.69, 9.17) is 0 Å². The van der Waals surface area contributed by atoms with Gasteiger partial charge in [-0.2, -0.15) is 0 Å². The standard InChI is InChI=1S/C17H25N/c1-3-11-18-17-12(2)14-9-5-4-7-13-8-6-10-15(17)16(13)14/h6,8,10,12,14,17-18H,3-5,7,9,11H2,1-2H3. The van der Waals surface area contributed by atoms with Gasteiger partial charge in [-0.1, -0.05) is 38.5 Å². The molecule has 18 heavy (non-hydrogen) atoms. The molecule has 0 amide bonds. The summed E-state index contributed by atoms with van der Waals surface area (Å²) in [5.41, 5.74) is 4.97. The molecule has 3 rings (SSSR count). The Morgan fingerprint density at radius 1 is 1.28 bits per heavy atom. The molecule has 1 nitrogen and oxygen atoms in total. The molecule has 0 fully saturated rings. The van der Waals surface area contributed by atoms with Crippen LogP contribution in [0.5, 0.6) is 0 Å². The molecule has 2 aliphatic carbocycles. The lowest BCUT2D eigenvalue weighted by Crippen LogP contribution is -2.25. The lowest BCUT2D eigenvalue weighted by Gasteiger charge is -2.22. The van der Waals surface area contributed by atoms with Gasteiger partial charge in [-0.3, -0.25) is 0 Å². The molecule has 0 aromatic heterocycles. The van der Waals surface area contributed by atoms with Crippen LogP contribution in [0.3, 0.4) is 0 Å². The second kappa shape index (κ2) is 5.05. The summed E-state index contributed by atoms with van der Waals surface area (Å²) < 4.78 is 0. The first-order valence-corrected chi connectivity index (χ1v) is 7.68. The summed E-state index contributed by atoms with van der Waals surface area (Å²) in [5, 5.41) is 3.78. The van der Waals surface area contributed by atoms with Gasteiger partial charge in [0.05, 0.1) is 0 Å². The first kappa shape index (κ1) is 12.2. The Labute approximate surface area is 111 Å². The zero-order valence-electron chi connectivity index (χ0n) is 11.7. The largest absolute Gasteiger partial charge is 0.310 e. The van der Waals surface area contributed by atoms with Gasteiger partial charge in [-0.15, -0.1) is 0 Å². The zero-order valence-corrected chi connectivity index (χ0v) is 11.7. The number of hydrogen-bond acceptors (Lipinski definition) is 1. The van der Waals surface area contributed by atoms with Gasteiger partial charge >= 0.3 is 0 Å². The summed E-state index contributed by atoms with van der Waals surface area (Å²) in [6.45, 7) is 5.85. The van der Waals surface area contributed by atoms with Crippen LogP contribution in [0.4, 0.5) is 0 Å². The number of nitrogens with one attached hydrogen (secondary N) is 1. The minimum absolute atomic E-state index is 0.600. The van der Waals surface area contributed by atoms with Gasteiger partial charge in [-0.05, 0) is 60.8 Å². The molecule has 0 heterocycles. The van der Waals surface area contributed by atoms with E-state index in [9.17, 15) is 0 Å². The van der Waals surface area contributed by atoms with E-state index in [1.54, 1.807) is 16.7 Å². The summed E-state index contributed by atoms with van der Waals surface area (Å²) in [6.07, 6.45) is 6.71. The van der Waals surface area contributed by atoms with Crippen LogP contribution >= 0.6 is 0 Å². The molecular weight excluding hydrogens is 218 g/mol. The maximum Gasteiger partial charge on any atom is 0.0354 e. The summed E-state index contributed by atoms with van der Waals surface area (Å²) in [4.78, 5) is 0. The topological polar surface area (TPSA) is 12.0 Å². The number of aryl methyl sites for hydroxylation is 1. The molecule has 0 aliphatic heterocycles. The summed E-state index contributed by atoms with van der Waals surface area (Å²) in [6, 6.07) is 7.61. The van der Waals surface area contributed by atoms with Crippen molar-refractivity contribution in [2.24, 2.45) is 5.92 Å². The monoisotopic (exact) mass is 243 g/mol. The Kier molecular flexibility index (Phi) is 3.43. The average Bonchev–Trinajstić information content (AvgIpc) is 2.55. The maximum absolute atomic E-state index is 3.78. The van der Waals surface area contributed by atoms with Crippen LogP contribution in [0.25, 0.3) is 0 Å². The normalized spacial score (nSPS) is 30.0. The van der Waals surface area contributed by atoms with E-state index < -0.39 is 0 Å². The van der Waals surface area contributed by atoms with Crippen LogP contribution in [-0.2, 0) is 6.42 Å². The fraction of sp³-hybridized carbons (Fsp3) is 0.647. The SMILES string of the molecule is CCCNC1c2cccc3c2C(CCCC3)C1C. The van der Waals surface area contributed by atoms with E-state index in [1.165, 1.54) is 32.1 Å². The molecule has 0 radical (unpaired) electrons. The van der Waals surface area contributed by atoms with Crippen molar-refractivity contribution in [2.45, 2.75) is 57.9 Å². The van der Waals surface area contributed by atoms with Crippen molar-refractivity contribution in [3.05, 3.63) is 34.9 Å². The molecule has 0 saturated carbocycles. The summed E-state index contributed by atoms with van der Waals surface area (Å²) in [5.74, 6) is 1.58. The second-order valence-electron chi connectivity index (χ2n) is 6.06. The zero-order chi connectivity index (χ0) is 12.5. The maximum atomic E-state index is 3.78. The number of rotatable bonds is 3. The highest BCUT2D eigenvalue weighted by molar-refractivity contribution is 5.45. The highest BCUT2D eigenvalue weighted by Crippen LogP contribution is 2.50. The van der Waals surface area contributed by atoms with E-state index in [0.29, 0.717) is 6.04 Å². The Hall–Kier alpha value is -0.820.